The Balaban J connectivity index is 1.16. The van der Waals surface area contributed by atoms with Crippen LogP contribution in [0, 0.1) is 11.8 Å². The average Bonchev–Trinajstić information content (AvgIpc) is 3.44. The lowest BCUT2D eigenvalue weighted by Gasteiger charge is -2.22. The highest BCUT2D eigenvalue weighted by molar-refractivity contribution is 6.34. The molecule has 2 atom stereocenters. The number of fused-ring (bicyclic) bond motifs is 2. The maximum Gasteiger partial charge on any atom is 0.253 e. The summed E-state index contributed by atoms with van der Waals surface area (Å²) in [5, 5.41) is 11.8. The number of amides is 2. The first-order chi connectivity index (χ1) is 15.0. The van der Waals surface area contributed by atoms with Gasteiger partial charge in [0.2, 0.25) is 5.91 Å². The smallest absolute Gasteiger partial charge is 0.253 e. The third-order valence-electron chi connectivity index (χ3n) is 6.24. The van der Waals surface area contributed by atoms with E-state index in [2.05, 4.69) is 15.4 Å². The molecule has 1 N–H and O–H groups in total. The largest absolute Gasteiger partial charge is 0.342 e. The van der Waals surface area contributed by atoms with Gasteiger partial charge in [0.1, 0.15) is 11.0 Å². The standard InChI is InChI=1S/C22H21Cl2N5O2/c23-17-5-13(6-18(24)8-17)1-4-21(30)28-9-15-11-29(12-16(15)10-28)22(31)14-2-3-19-20(7-14)26-27-25-19/h2-3,5-8,15-16H,1,4,9-12H2,(H,25,26,27)/t15-,16+. The number of nitrogens with zero attached hydrogens (tertiary/aromatic N) is 4. The monoisotopic (exact) mass is 457 g/mol. The molecule has 0 spiro atoms. The molecule has 0 bridgehead atoms. The number of aryl methyl sites for hydroxylation is 1. The fourth-order valence-electron chi connectivity index (χ4n) is 4.68. The lowest BCUT2D eigenvalue weighted by Crippen LogP contribution is -2.35. The third kappa shape index (κ3) is 4.12. The summed E-state index contributed by atoms with van der Waals surface area (Å²) in [6, 6.07) is 10.7. The second kappa shape index (κ2) is 8.13. The molecule has 2 aromatic carbocycles. The van der Waals surface area contributed by atoms with Crippen molar-refractivity contribution < 1.29 is 9.59 Å². The summed E-state index contributed by atoms with van der Waals surface area (Å²) >= 11 is 12.1. The van der Waals surface area contributed by atoms with Crippen LogP contribution in [-0.4, -0.2) is 63.2 Å². The molecule has 0 radical (unpaired) electrons. The Morgan fingerprint density at radius 2 is 1.55 bits per heavy atom. The summed E-state index contributed by atoms with van der Waals surface area (Å²) in [4.78, 5) is 29.5. The van der Waals surface area contributed by atoms with Gasteiger partial charge in [0, 0.05) is 60.0 Å². The van der Waals surface area contributed by atoms with Crippen LogP contribution in [0.25, 0.3) is 11.0 Å². The van der Waals surface area contributed by atoms with Gasteiger partial charge in [-0.25, -0.2) is 0 Å². The molecule has 0 saturated carbocycles. The Morgan fingerprint density at radius 1 is 0.903 bits per heavy atom. The maximum atomic E-state index is 12.9. The highest BCUT2D eigenvalue weighted by Crippen LogP contribution is 2.32. The molecule has 2 amide bonds. The molecule has 7 nitrogen and oxygen atoms in total. The fourth-order valence-corrected chi connectivity index (χ4v) is 5.25. The zero-order chi connectivity index (χ0) is 21.5. The number of H-pyrrole nitrogens is 1. The van der Waals surface area contributed by atoms with Gasteiger partial charge < -0.3 is 9.80 Å². The summed E-state index contributed by atoms with van der Waals surface area (Å²) in [6.45, 7) is 2.75. The predicted molar refractivity (Wildman–Crippen MR) is 118 cm³/mol. The molecule has 31 heavy (non-hydrogen) atoms. The zero-order valence-electron chi connectivity index (χ0n) is 16.7. The Labute approximate surface area is 189 Å². The van der Waals surface area contributed by atoms with Crippen LogP contribution in [0.3, 0.4) is 0 Å². The van der Waals surface area contributed by atoms with Gasteiger partial charge in [-0.05, 0) is 48.4 Å². The number of carbonyl (C=O) groups excluding carboxylic acids is 2. The second-order valence-corrected chi connectivity index (χ2v) is 9.21. The number of benzene rings is 2. The van der Waals surface area contributed by atoms with Crippen molar-refractivity contribution in [3.63, 3.8) is 0 Å². The molecule has 2 fully saturated rings. The number of likely N-dealkylation sites (tertiary alicyclic amines) is 2. The summed E-state index contributed by atoms with van der Waals surface area (Å²) in [7, 11) is 0. The summed E-state index contributed by atoms with van der Waals surface area (Å²) in [6.07, 6.45) is 1.04. The van der Waals surface area contributed by atoms with Crippen LogP contribution < -0.4 is 0 Å². The van der Waals surface area contributed by atoms with E-state index in [0.717, 1.165) is 11.1 Å². The summed E-state index contributed by atoms with van der Waals surface area (Å²) in [5.41, 5.74) is 3.01. The van der Waals surface area contributed by atoms with Crippen LogP contribution in [0.1, 0.15) is 22.3 Å². The van der Waals surface area contributed by atoms with E-state index in [1.54, 1.807) is 24.3 Å². The van der Waals surface area contributed by atoms with Gasteiger partial charge in [0.15, 0.2) is 0 Å². The minimum absolute atomic E-state index is 0.00927. The van der Waals surface area contributed by atoms with E-state index in [4.69, 9.17) is 23.2 Å². The van der Waals surface area contributed by atoms with Crippen molar-refractivity contribution in [2.45, 2.75) is 12.8 Å². The minimum atomic E-state index is 0.00927. The van der Waals surface area contributed by atoms with Crippen LogP contribution in [-0.2, 0) is 11.2 Å². The molecular weight excluding hydrogens is 437 g/mol. The van der Waals surface area contributed by atoms with E-state index in [-0.39, 0.29) is 11.8 Å². The lowest BCUT2D eigenvalue weighted by atomic mass is 10.0. The molecule has 160 valence electrons. The first-order valence-electron chi connectivity index (χ1n) is 10.3. The number of aromatic nitrogens is 3. The highest BCUT2D eigenvalue weighted by Gasteiger charge is 2.42. The van der Waals surface area contributed by atoms with Gasteiger partial charge in [0.05, 0.1) is 0 Å². The molecule has 2 aliphatic heterocycles. The fraction of sp³-hybridized carbons (Fsp3) is 0.364. The SMILES string of the molecule is O=C(CCc1cc(Cl)cc(Cl)c1)N1C[C@@H]2CN(C(=O)c3ccc4n[nH]nc4c3)C[C@@H]2C1. The van der Waals surface area contributed by atoms with Crippen molar-refractivity contribution in [2.75, 3.05) is 26.2 Å². The topological polar surface area (TPSA) is 82.2 Å². The van der Waals surface area contributed by atoms with Crippen LogP contribution >= 0.6 is 23.2 Å². The number of hydrogen-bond acceptors (Lipinski definition) is 4. The van der Waals surface area contributed by atoms with Gasteiger partial charge >= 0.3 is 0 Å². The predicted octanol–water partition coefficient (Wildman–Crippen LogP) is 3.43. The van der Waals surface area contributed by atoms with E-state index in [9.17, 15) is 9.59 Å². The first kappa shape index (κ1) is 20.3. The zero-order valence-corrected chi connectivity index (χ0v) is 18.2. The Morgan fingerprint density at radius 3 is 2.26 bits per heavy atom. The van der Waals surface area contributed by atoms with Gasteiger partial charge in [-0.15, -0.1) is 0 Å². The maximum absolute atomic E-state index is 12.9. The number of halogens is 2. The van der Waals surface area contributed by atoms with Crippen molar-refractivity contribution in [3.05, 3.63) is 57.6 Å². The summed E-state index contributed by atoms with van der Waals surface area (Å²) in [5.74, 6) is 0.795. The van der Waals surface area contributed by atoms with Gasteiger partial charge in [-0.2, -0.15) is 15.4 Å². The van der Waals surface area contributed by atoms with Crippen LogP contribution in [0.2, 0.25) is 10.0 Å². The molecule has 3 heterocycles. The van der Waals surface area contributed by atoms with Crippen LogP contribution in [0.4, 0.5) is 0 Å². The van der Waals surface area contributed by atoms with Crippen molar-refractivity contribution in [2.24, 2.45) is 11.8 Å². The van der Waals surface area contributed by atoms with Crippen LogP contribution in [0.5, 0.6) is 0 Å². The minimum Gasteiger partial charge on any atom is -0.342 e. The van der Waals surface area contributed by atoms with E-state index in [0.29, 0.717) is 72.0 Å². The third-order valence-corrected chi connectivity index (χ3v) is 6.68. The van der Waals surface area contributed by atoms with Crippen LogP contribution in [0.15, 0.2) is 36.4 Å². The molecule has 2 aliphatic rings. The molecule has 0 aliphatic carbocycles. The van der Waals surface area contributed by atoms with Gasteiger partial charge in [-0.3, -0.25) is 9.59 Å². The van der Waals surface area contributed by atoms with Crippen molar-refractivity contribution in [1.29, 1.82) is 0 Å². The first-order valence-corrected chi connectivity index (χ1v) is 11.0. The Kier molecular flexibility index (Phi) is 5.32. The van der Waals surface area contributed by atoms with Crippen molar-refractivity contribution >= 4 is 46.0 Å². The quantitative estimate of drug-likeness (QED) is 0.650. The normalized spacial score (nSPS) is 20.5. The van der Waals surface area contributed by atoms with Gasteiger partial charge in [-0.1, -0.05) is 23.2 Å². The molecule has 5 rings (SSSR count). The number of carbonyl (C=O) groups is 2. The Hall–Kier alpha value is -2.64. The van der Waals surface area contributed by atoms with E-state index in [1.807, 2.05) is 21.9 Å². The molecule has 1 aromatic heterocycles. The lowest BCUT2D eigenvalue weighted by molar-refractivity contribution is -0.130. The van der Waals surface area contributed by atoms with E-state index >= 15 is 0 Å². The summed E-state index contributed by atoms with van der Waals surface area (Å²) < 4.78 is 0. The van der Waals surface area contributed by atoms with E-state index in [1.165, 1.54) is 0 Å². The second-order valence-electron chi connectivity index (χ2n) is 8.33. The molecule has 3 aromatic rings. The highest BCUT2D eigenvalue weighted by atomic mass is 35.5. The van der Waals surface area contributed by atoms with E-state index < -0.39 is 0 Å². The number of aromatic amines is 1. The van der Waals surface area contributed by atoms with Gasteiger partial charge in [0.25, 0.3) is 5.91 Å². The Bertz CT molecular complexity index is 1130. The van der Waals surface area contributed by atoms with Crippen molar-refractivity contribution in [1.82, 2.24) is 25.2 Å². The number of hydrogen-bond donors (Lipinski definition) is 1. The number of rotatable bonds is 4. The average molecular weight is 458 g/mol. The molecular formula is C22H21Cl2N5O2. The van der Waals surface area contributed by atoms with Crippen molar-refractivity contribution in [3.8, 4) is 0 Å². The molecule has 0 unspecified atom stereocenters. The molecule has 2 saturated heterocycles. The number of nitrogens with one attached hydrogen (secondary N) is 1. The molecule has 9 heteroatoms.